The minimum atomic E-state index is -0.0121. The van der Waals surface area contributed by atoms with Gasteiger partial charge in [0, 0.05) is 17.2 Å². The monoisotopic (exact) mass is 323 g/mol. The SMILES string of the molecule is CC1(C)c2ccc3ccccc3c2-c2ccnc(Br)c21. The molecule has 0 saturated heterocycles. The predicted octanol–water partition coefficient (Wildman–Crippen LogP) is 5.30. The predicted molar refractivity (Wildman–Crippen MR) is 87.0 cm³/mol. The molecule has 4 rings (SSSR count). The first-order valence-corrected chi connectivity index (χ1v) is 7.57. The molecule has 1 heterocycles. The van der Waals surface area contributed by atoms with Crippen molar-refractivity contribution in [3.63, 3.8) is 0 Å². The van der Waals surface area contributed by atoms with Crippen molar-refractivity contribution in [2.75, 3.05) is 0 Å². The Kier molecular flexibility index (Phi) is 2.37. The molecule has 0 spiro atoms. The maximum atomic E-state index is 4.43. The van der Waals surface area contributed by atoms with Crippen LogP contribution in [0.25, 0.3) is 21.9 Å². The van der Waals surface area contributed by atoms with Crippen LogP contribution < -0.4 is 0 Å². The summed E-state index contributed by atoms with van der Waals surface area (Å²) >= 11 is 3.63. The zero-order valence-corrected chi connectivity index (χ0v) is 13.0. The summed E-state index contributed by atoms with van der Waals surface area (Å²) in [5.74, 6) is 0. The Morgan fingerprint density at radius 1 is 1.00 bits per heavy atom. The van der Waals surface area contributed by atoms with Crippen molar-refractivity contribution in [2.24, 2.45) is 0 Å². The highest BCUT2D eigenvalue weighted by atomic mass is 79.9. The van der Waals surface area contributed by atoms with Crippen LogP contribution in [-0.4, -0.2) is 4.98 Å². The van der Waals surface area contributed by atoms with E-state index in [0.29, 0.717) is 0 Å². The summed E-state index contributed by atoms with van der Waals surface area (Å²) in [6, 6.07) is 15.2. The van der Waals surface area contributed by atoms with Crippen LogP contribution in [0.15, 0.2) is 53.3 Å². The quantitative estimate of drug-likeness (QED) is 0.511. The Balaban J connectivity index is 2.23. The van der Waals surface area contributed by atoms with E-state index in [0.717, 1.165) is 4.60 Å². The number of hydrogen-bond donors (Lipinski definition) is 0. The van der Waals surface area contributed by atoms with Crippen LogP contribution in [0.1, 0.15) is 25.0 Å². The lowest BCUT2D eigenvalue weighted by Crippen LogP contribution is -2.16. The zero-order valence-electron chi connectivity index (χ0n) is 11.4. The smallest absolute Gasteiger partial charge is 0.110 e. The third-order valence-electron chi connectivity index (χ3n) is 4.40. The van der Waals surface area contributed by atoms with E-state index < -0.39 is 0 Å². The fraction of sp³-hybridized carbons (Fsp3) is 0.167. The maximum Gasteiger partial charge on any atom is 0.110 e. The van der Waals surface area contributed by atoms with Gasteiger partial charge in [0.05, 0.1) is 0 Å². The highest BCUT2D eigenvalue weighted by molar-refractivity contribution is 9.10. The molecule has 1 aliphatic carbocycles. The van der Waals surface area contributed by atoms with E-state index >= 15 is 0 Å². The minimum absolute atomic E-state index is 0.0121. The summed E-state index contributed by atoms with van der Waals surface area (Å²) in [5, 5.41) is 2.62. The summed E-state index contributed by atoms with van der Waals surface area (Å²) < 4.78 is 0.959. The van der Waals surface area contributed by atoms with Crippen LogP contribution in [0.2, 0.25) is 0 Å². The molecule has 0 amide bonds. The molecular weight excluding hydrogens is 310 g/mol. The largest absolute Gasteiger partial charge is 0.249 e. The number of hydrogen-bond acceptors (Lipinski definition) is 1. The lowest BCUT2D eigenvalue weighted by molar-refractivity contribution is 0.653. The van der Waals surface area contributed by atoms with Crippen LogP contribution in [0.5, 0.6) is 0 Å². The van der Waals surface area contributed by atoms with E-state index in [-0.39, 0.29) is 5.41 Å². The van der Waals surface area contributed by atoms with Crippen LogP contribution in [0, 0.1) is 0 Å². The van der Waals surface area contributed by atoms with E-state index in [1.807, 2.05) is 6.20 Å². The number of halogens is 1. The Morgan fingerprint density at radius 2 is 1.80 bits per heavy atom. The second-order valence-electron chi connectivity index (χ2n) is 5.86. The lowest BCUT2D eigenvalue weighted by atomic mass is 9.82. The highest BCUT2D eigenvalue weighted by Crippen LogP contribution is 2.52. The molecule has 1 aromatic heterocycles. The zero-order chi connectivity index (χ0) is 13.9. The number of benzene rings is 2. The van der Waals surface area contributed by atoms with Gasteiger partial charge in [-0.15, -0.1) is 0 Å². The second-order valence-corrected chi connectivity index (χ2v) is 6.61. The Labute approximate surface area is 126 Å². The van der Waals surface area contributed by atoms with Crippen molar-refractivity contribution >= 4 is 26.7 Å². The second kappa shape index (κ2) is 3.92. The molecule has 2 heteroatoms. The molecule has 0 aliphatic heterocycles. The molecule has 20 heavy (non-hydrogen) atoms. The average Bonchev–Trinajstić information content (AvgIpc) is 2.69. The van der Waals surface area contributed by atoms with Crippen molar-refractivity contribution in [3.8, 4) is 11.1 Å². The summed E-state index contributed by atoms with van der Waals surface area (Å²) in [6.45, 7) is 4.55. The summed E-state index contributed by atoms with van der Waals surface area (Å²) in [4.78, 5) is 4.43. The fourth-order valence-electron chi connectivity index (χ4n) is 3.46. The molecular formula is C18H14BrN. The van der Waals surface area contributed by atoms with Gasteiger partial charge in [-0.1, -0.05) is 50.2 Å². The summed E-state index contributed by atoms with van der Waals surface area (Å²) in [6.07, 6.45) is 1.88. The third-order valence-corrected chi connectivity index (χ3v) is 5.00. The van der Waals surface area contributed by atoms with E-state index in [1.165, 1.54) is 33.0 Å². The third kappa shape index (κ3) is 1.40. The summed E-state index contributed by atoms with van der Waals surface area (Å²) in [5.41, 5.74) is 5.35. The topological polar surface area (TPSA) is 12.9 Å². The van der Waals surface area contributed by atoms with Gasteiger partial charge >= 0.3 is 0 Å². The minimum Gasteiger partial charge on any atom is -0.249 e. The molecule has 0 N–H and O–H groups in total. The van der Waals surface area contributed by atoms with Crippen molar-refractivity contribution in [1.29, 1.82) is 0 Å². The van der Waals surface area contributed by atoms with Crippen molar-refractivity contribution in [3.05, 3.63) is 64.4 Å². The molecule has 1 aliphatic rings. The molecule has 1 nitrogen and oxygen atoms in total. The van der Waals surface area contributed by atoms with Gasteiger partial charge in [-0.25, -0.2) is 4.98 Å². The van der Waals surface area contributed by atoms with Gasteiger partial charge in [0.2, 0.25) is 0 Å². The first-order valence-electron chi connectivity index (χ1n) is 6.78. The number of aromatic nitrogens is 1. The van der Waals surface area contributed by atoms with Gasteiger partial charge in [0.25, 0.3) is 0 Å². The first-order chi connectivity index (χ1) is 9.60. The molecule has 0 bridgehead atoms. The van der Waals surface area contributed by atoms with Crippen molar-refractivity contribution in [2.45, 2.75) is 19.3 Å². The van der Waals surface area contributed by atoms with E-state index in [1.54, 1.807) is 0 Å². The molecule has 0 radical (unpaired) electrons. The Bertz CT molecular complexity index is 849. The van der Waals surface area contributed by atoms with Gasteiger partial charge in [-0.3, -0.25) is 0 Å². The number of pyridine rings is 1. The van der Waals surface area contributed by atoms with Crippen LogP contribution in [0.4, 0.5) is 0 Å². The number of fused-ring (bicyclic) bond motifs is 5. The van der Waals surface area contributed by atoms with Gasteiger partial charge in [-0.2, -0.15) is 0 Å². The average molecular weight is 324 g/mol. The maximum absolute atomic E-state index is 4.43. The van der Waals surface area contributed by atoms with Gasteiger partial charge in [-0.05, 0) is 49.5 Å². The molecule has 3 aromatic rings. The van der Waals surface area contributed by atoms with Crippen molar-refractivity contribution in [1.82, 2.24) is 4.98 Å². The standard InChI is InChI=1S/C18H14BrN/c1-18(2)14-8-7-11-5-3-4-6-12(11)15(14)13-9-10-20-17(19)16(13)18/h3-10H,1-2H3. The first kappa shape index (κ1) is 12.1. The molecule has 2 aromatic carbocycles. The van der Waals surface area contributed by atoms with Crippen LogP contribution in [-0.2, 0) is 5.41 Å². The van der Waals surface area contributed by atoms with Crippen LogP contribution in [0.3, 0.4) is 0 Å². The Hall–Kier alpha value is -1.67. The lowest BCUT2D eigenvalue weighted by Gasteiger charge is -2.22. The molecule has 0 atom stereocenters. The summed E-state index contributed by atoms with van der Waals surface area (Å²) in [7, 11) is 0. The van der Waals surface area contributed by atoms with Gasteiger partial charge in [0.15, 0.2) is 0 Å². The molecule has 98 valence electrons. The highest BCUT2D eigenvalue weighted by Gasteiger charge is 2.38. The Morgan fingerprint density at radius 3 is 2.65 bits per heavy atom. The number of rotatable bonds is 0. The van der Waals surface area contributed by atoms with Gasteiger partial charge < -0.3 is 0 Å². The molecule has 0 saturated carbocycles. The van der Waals surface area contributed by atoms with E-state index in [9.17, 15) is 0 Å². The van der Waals surface area contributed by atoms with Gasteiger partial charge in [0.1, 0.15) is 4.60 Å². The molecule has 0 fully saturated rings. The fourth-order valence-corrected chi connectivity index (χ4v) is 4.28. The molecule has 0 unspecified atom stereocenters. The number of nitrogens with zero attached hydrogens (tertiary/aromatic N) is 1. The van der Waals surface area contributed by atoms with E-state index in [4.69, 9.17) is 0 Å². The van der Waals surface area contributed by atoms with Crippen LogP contribution >= 0.6 is 15.9 Å². The normalized spacial score (nSPS) is 15.2. The van der Waals surface area contributed by atoms with Crippen molar-refractivity contribution < 1.29 is 0 Å². The van der Waals surface area contributed by atoms with E-state index in [2.05, 4.69) is 77.2 Å².